The van der Waals surface area contributed by atoms with Gasteiger partial charge in [-0.3, -0.25) is 4.79 Å². The number of ether oxygens (including phenoxy) is 1. The van der Waals surface area contributed by atoms with Crippen LogP contribution in [0.15, 0.2) is 24.3 Å². The predicted molar refractivity (Wildman–Crippen MR) is 53.1 cm³/mol. The molecule has 0 aromatic heterocycles. The van der Waals surface area contributed by atoms with E-state index in [1.165, 1.54) is 0 Å². The third-order valence-electron chi connectivity index (χ3n) is 2.66. The Kier molecular flexibility index (Phi) is 1.95. The van der Waals surface area contributed by atoms with Crippen molar-refractivity contribution >= 4 is 5.91 Å². The van der Waals surface area contributed by atoms with Gasteiger partial charge < -0.3 is 10.1 Å². The third-order valence-corrected chi connectivity index (χ3v) is 2.66. The molecule has 1 heterocycles. The molecule has 0 saturated carbocycles. The Labute approximate surface area is 83.1 Å². The molecule has 1 amide bonds. The summed E-state index contributed by atoms with van der Waals surface area (Å²) in [6.45, 7) is 2.02. The minimum Gasteiger partial charge on any atom is -0.497 e. The van der Waals surface area contributed by atoms with Gasteiger partial charge in [-0.2, -0.15) is 0 Å². The van der Waals surface area contributed by atoms with Crippen molar-refractivity contribution in [1.82, 2.24) is 5.32 Å². The molecule has 1 fully saturated rings. The molecule has 3 heteroatoms. The molecule has 1 aliphatic heterocycles. The van der Waals surface area contributed by atoms with E-state index in [-0.39, 0.29) is 11.4 Å². The maximum Gasteiger partial charge on any atom is 0.223 e. The van der Waals surface area contributed by atoms with Crippen LogP contribution < -0.4 is 10.1 Å². The number of amides is 1. The molecule has 1 aliphatic rings. The van der Waals surface area contributed by atoms with Crippen molar-refractivity contribution in [3.8, 4) is 5.75 Å². The zero-order valence-electron chi connectivity index (χ0n) is 8.33. The molecule has 1 saturated heterocycles. The summed E-state index contributed by atoms with van der Waals surface area (Å²) in [6, 6.07) is 7.78. The van der Waals surface area contributed by atoms with Crippen molar-refractivity contribution in [3.63, 3.8) is 0 Å². The monoisotopic (exact) mass is 191 g/mol. The lowest BCUT2D eigenvalue weighted by Gasteiger charge is -2.39. The second kappa shape index (κ2) is 3.01. The largest absolute Gasteiger partial charge is 0.497 e. The number of benzene rings is 1. The Morgan fingerprint density at radius 1 is 1.36 bits per heavy atom. The van der Waals surface area contributed by atoms with Crippen LogP contribution in [0.4, 0.5) is 0 Å². The first-order chi connectivity index (χ1) is 6.64. The maximum atomic E-state index is 10.9. The second-order valence-corrected chi connectivity index (χ2v) is 3.79. The fourth-order valence-corrected chi connectivity index (χ4v) is 1.74. The van der Waals surface area contributed by atoms with Crippen molar-refractivity contribution in [2.24, 2.45) is 0 Å². The van der Waals surface area contributed by atoms with Gasteiger partial charge in [-0.1, -0.05) is 12.1 Å². The summed E-state index contributed by atoms with van der Waals surface area (Å²) in [5, 5.41) is 2.89. The van der Waals surface area contributed by atoms with E-state index in [0.29, 0.717) is 6.42 Å². The van der Waals surface area contributed by atoms with Crippen LogP contribution in [0.25, 0.3) is 0 Å². The number of carbonyl (C=O) groups is 1. The number of β-lactam (4-membered cyclic amide) rings is 1. The highest BCUT2D eigenvalue weighted by Gasteiger charge is 2.39. The number of nitrogens with one attached hydrogen (secondary N) is 1. The van der Waals surface area contributed by atoms with Crippen LogP contribution in [-0.2, 0) is 10.3 Å². The van der Waals surface area contributed by atoms with Gasteiger partial charge in [-0.15, -0.1) is 0 Å². The molecule has 1 N–H and O–H groups in total. The van der Waals surface area contributed by atoms with Gasteiger partial charge in [0.2, 0.25) is 5.91 Å². The van der Waals surface area contributed by atoms with Crippen LogP contribution >= 0.6 is 0 Å². The first-order valence-corrected chi connectivity index (χ1v) is 4.59. The van der Waals surface area contributed by atoms with Crippen LogP contribution in [0.5, 0.6) is 5.75 Å². The summed E-state index contributed by atoms with van der Waals surface area (Å²) in [4.78, 5) is 10.9. The van der Waals surface area contributed by atoms with Crippen molar-refractivity contribution in [2.75, 3.05) is 7.11 Å². The molecule has 1 unspecified atom stereocenters. The van der Waals surface area contributed by atoms with E-state index < -0.39 is 0 Å². The van der Waals surface area contributed by atoms with Gasteiger partial charge in [-0.05, 0) is 24.6 Å². The molecular formula is C11H13NO2. The third kappa shape index (κ3) is 1.35. The van der Waals surface area contributed by atoms with Gasteiger partial charge in [0.15, 0.2) is 0 Å². The van der Waals surface area contributed by atoms with Crippen LogP contribution in [0, 0.1) is 0 Å². The number of methoxy groups -OCH3 is 1. The van der Waals surface area contributed by atoms with Gasteiger partial charge in [0.05, 0.1) is 19.1 Å². The number of hydrogen-bond donors (Lipinski definition) is 1. The average molecular weight is 191 g/mol. The first kappa shape index (κ1) is 9.06. The van der Waals surface area contributed by atoms with E-state index >= 15 is 0 Å². The molecular weight excluding hydrogens is 178 g/mol. The van der Waals surface area contributed by atoms with Gasteiger partial charge in [0, 0.05) is 0 Å². The summed E-state index contributed by atoms with van der Waals surface area (Å²) < 4.78 is 5.07. The molecule has 0 spiro atoms. The zero-order chi connectivity index (χ0) is 10.2. The fourth-order valence-electron chi connectivity index (χ4n) is 1.74. The smallest absolute Gasteiger partial charge is 0.223 e. The first-order valence-electron chi connectivity index (χ1n) is 4.59. The molecule has 0 aliphatic carbocycles. The highest BCUT2D eigenvalue weighted by atomic mass is 16.5. The number of hydrogen-bond acceptors (Lipinski definition) is 2. The van der Waals surface area contributed by atoms with E-state index in [9.17, 15) is 4.79 Å². The molecule has 0 bridgehead atoms. The second-order valence-electron chi connectivity index (χ2n) is 3.79. The predicted octanol–water partition coefficient (Wildman–Crippen LogP) is 1.43. The Morgan fingerprint density at radius 3 is 2.36 bits per heavy atom. The summed E-state index contributed by atoms with van der Waals surface area (Å²) in [7, 11) is 1.64. The molecule has 1 aromatic carbocycles. The molecule has 14 heavy (non-hydrogen) atoms. The highest BCUT2D eigenvalue weighted by Crippen LogP contribution is 2.32. The standard InChI is InChI=1S/C11H13NO2/c1-11(7-10(13)12-11)8-3-5-9(14-2)6-4-8/h3-6H,7H2,1-2H3,(H,12,13). The SMILES string of the molecule is COc1ccc(C2(C)CC(=O)N2)cc1. The van der Waals surface area contributed by atoms with Crippen LogP contribution in [0.1, 0.15) is 18.9 Å². The van der Waals surface area contributed by atoms with Crippen molar-refractivity contribution in [1.29, 1.82) is 0 Å². The molecule has 1 atom stereocenters. The summed E-state index contributed by atoms with van der Waals surface area (Å²) >= 11 is 0. The minimum atomic E-state index is -0.177. The Bertz CT molecular complexity index is 348. The van der Waals surface area contributed by atoms with E-state index in [4.69, 9.17) is 4.74 Å². The van der Waals surface area contributed by atoms with Gasteiger partial charge in [0.1, 0.15) is 5.75 Å². The summed E-state index contributed by atoms with van der Waals surface area (Å²) in [5.41, 5.74) is 0.946. The Balaban J connectivity index is 2.21. The van der Waals surface area contributed by atoms with E-state index in [1.54, 1.807) is 7.11 Å². The Morgan fingerprint density at radius 2 is 1.93 bits per heavy atom. The normalized spacial score (nSPS) is 25.1. The van der Waals surface area contributed by atoms with Crippen molar-refractivity contribution in [3.05, 3.63) is 29.8 Å². The molecule has 1 aromatic rings. The van der Waals surface area contributed by atoms with E-state index in [2.05, 4.69) is 5.32 Å². The topological polar surface area (TPSA) is 38.3 Å². The van der Waals surface area contributed by atoms with Gasteiger partial charge in [-0.25, -0.2) is 0 Å². The lowest BCUT2D eigenvalue weighted by Crippen LogP contribution is -2.56. The highest BCUT2D eigenvalue weighted by molar-refractivity contribution is 5.85. The molecule has 2 rings (SSSR count). The fraction of sp³-hybridized carbons (Fsp3) is 0.364. The lowest BCUT2D eigenvalue weighted by atomic mass is 9.82. The summed E-state index contributed by atoms with van der Waals surface area (Å²) in [5.74, 6) is 0.950. The number of carbonyl (C=O) groups excluding carboxylic acids is 1. The molecule has 74 valence electrons. The van der Waals surface area contributed by atoms with E-state index in [1.807, 2.05) is 31.2 Å². The lowest BCUT2D eigenvalue weighted by molar-refractivity contribution is -0.132. The van der Waals surface area contributed by atoms with Crippen molar-refractivity contribution < 1.29 is 9.53 Å². The van der Waals surface area contributed by atoms with Crippen molar-refractivity contribution in [2.45, 2.75) is 18.9 Å². The van der Waals surface area contributed by atoms with Gasteiger partial charge in [0.25, 0.3) is 0 Å². The van der Waals surface area contributed by atoms with Crippen LogP contribution in [0.3, 0.4) is 0 Å². The Hall–Kier alpha value is -1.51. The summed E-state index contributed by atoms with van der Waals surface area (Å²) in [6.07, 6.45) is 0.569. The van der Waals surface area contributed by atoms with Gasteiger partial charge >= 0.3 is 0 Å². The molecule has 3 nitrogen and oxygen atoms in total. The van der Waals surface area contributed by atoms with Crippen LogP contribution in [-0.4, -0.2) is 13.0 Å². The quantitative estimate of drug-likeness (QED) is 0.718. The maximum absolute atomic E-state index is 10.9. The molecule has 0 radical (unpaired) electrons. The zero-order valence-corrected chi connectivity index (χ0v) is 8.33. The number of rotatable bonds is 2. The van der Waals surface area contributed by atoms with Crippen LogP contribution in [0.2, 0.25) is 0 Å². The van der Waals surface area contributed by atoms with E-state index in [0.717, 1.165) is 11.3 Å². The average Bonchev–Trinajstić information content (AvgIpc) is 2.16. The minimum absolute atomic E-state index is 0.114.